The third-order valence-electron chi connectivity index (χ3n) is 4.49. The minimum atomic E-state index is -5.08. The van der Waals surface area contributed by atoms with Gasteiger partial charge in [0.1, 0.15) is 5.75 Å². The number of rotatable bonds is 4. The molecule has 0 aliphatic rings. The van der Waals surface area contributed by atoms with Gasteiger partial charge >= 0.3 is 12.1 Å². The Hall–Kier alpha value is -4.08. The quantitative estimate of drug-likeness (QED) is 0.327. The first-order valence-corrected chi connectivity index (χ1v) is 10.3. The van der Waals surface area contributed by atoms with E-state index in [1.807, 2.05) is 6.07 Å². The standard InChI is InChI=1S/C20H11Cl2FN4O2.C2HF3O2/c21-13-5-11(8-24)6-14(7-13)29-19-15(22)2-1-12(17(19)23)9-27-4-3-16-18(20(27)28)26-10-25-16;3-2(4,5)1(6)7/h1-7,10H,9H2,(H,25,26);(H,6,7). The van der Waals surface area contributed by atoms with E-state index in [-0.39, 0.29) is 50.3 Å². The van der Waals surface area contributed by atoms with Crippen molar-refractivity contribution in [1.82, 2.24) is 14.5 Å². The molecule has 0 atom stereocenters. The van der Waals surface area contributed by atoms with Gasteiger partial charge in [0.25, 0.3) is 5.56 Å². The number of imidazole rings is 1. The zero-order chi connectivity index (χ0) is 26.6. The number of nitrogens with one attached hydrogen (secondary N) is 1. The summed E-state index contributed by atoms with van der Waals surface area (Å²) >= 11 is 12.1. The van der Waals surface area contributed by atoms with Gasteiger partial charge in [-0.3, -0.25) is 4.79 Å². The lowest BCUT2D eigenvalue weighted by Gasteiger charge is -2.13. The highest BCUT2D eigenvalue weighted by atomic mass is 35.5. The van der Waals surface area contributed by atoms with Crippen molar-refractivity contribution < 1.29 is 32.2 Å². The van der Waals surface area contributed by atoms with E-state index in [0.29, 0.717) is 5.52 Å². The molecule has 14 heteroatoms. The molecule has 2 aromatic heterocycles. The molecule has 4 aromatic rings. The number of H-pyrrole nitrogens is 1. The van der Waals surface area contributed by atoms with Crippen molar-refractivity contribution in [3.8, 4) is 17.6 Å². The third kappa shape index (κ3) is 6.12. The van der Waals surface area contributed by atoms with Crippen LogP contribution < -0.4 is 10.3 Å². The van der Waals surface area contributed by atoms with E-state index in [4.69, 9.17) is 43.1 Å². The summed E-state index contributed by atoms with van der Waals surface area (Å²) < 4.78 is 53.8. The maximum absolute atomic E-state index is 15.1. The Kier molecular flexibility index (Phi) is 7.87. The number of hydrogen-bond acceptors (Lipinski definition) is 5. The third-order valence-corrected chi connectivity index (χ3v) is 5.00. The molecule has 0 aliphatic carbocycles. The normalized spacial score (nSPS) is 10.9. The first-order valence-electron chi connectivity index (χ1n) is 9.58. The minimum absolute atomic E-state index is 0.0415. The molecule has 186 valence electrons. The Balaban J connectivity index is 0.000000454. The fourth-order valence-corrected chi connectivity index (χ4v) is 3.28. The van der Waals surface area contributed by atoms with E-state index in [2.05, 4.69) is 9.97 Å². The monoisotopic (exact) mass is 542 g/mol. The number of pyridine rings is 1. The van der Waals surface area contributed by atoms with Crippen molar-refractivity contribution >= 4 is 40.2 Å². The molecule has 0 bridgehead atoms. The number of ether oxygens (including phenoxy) is 1. The van der Waals surface area contributed by atoms with E-state index >= 15 is 4.39 Å². The Morgan fingerprint density at radius 1 is 1.22 bits per heavy atom. The Bertz CT molecular complexity index is 1540. The van der Waals surface area contributed by atoms with E-state index in [1.54, 1.807) is 12.3 Å². The molecule has 36 heavy (non-hydrogen) atoms. The number of hydrogen-bond donors (Lipinski definition) is 2. The van der Waals surface area contributed by atoms with Crippen molar-refractivity contribution in [3.05, 3.63) is 86.3 Å². The molecule has 0 saturated carbocycles. The number of aromatic amines is 1. The highest BCUT2D eigenvalue weighted by Gasteiger charge is 2.38. The number of aliphatic carboxylic acids is 1. The molecule has 0 aliphatic heterocycles. The number of carboxylic acids is 1. The predicted octanol–water partition coefficient (Wildman–Crippen LogP) is 5.52. The van der Waals surface area contributed by atoms with Crippen molar-refractivity contribution in [3.63, 3.8) is 0 Å². The Labute approximate surface area is 208 Å². The van der Waals surface area contributed by atoms with Crippen LogP contribution in [0.4, 0.5) is 17.6 Å². The molecule has 0 saturated heterocycles. The lowest BCUT2D eigenvalue weighted by Crippen LogP contribution is -2.21. The van der Waals surface area contributed by atoms with E-state index in [0.717, 1.165) is 0 Å². The van der Waals surface area contributed by atoms with Crippen LogP contribution in [0.1, 0.15) is 11.1 Å². The fraction of sp³-hybridized carbons (Fsp3) is 0.0909. The highest BCUT2D eigenvalue weighted by molar-refractivity contribution is 6.32. The number of aromatic nitrogens is 3. The average Bonchev–Trinajstić information content (AvgIpc) is 3.29. The summed E-state index contributed by atoms with van der Waals surface area (Å²) in [6, 6.07) is 10.9. The zero-order valence-corrected chi connectivity index (χ0v) is 19.1. The summed E-state index contributed by atoms with van der Waals surface area (Å²) in [4.78, 5) is 28.2. The van der Waals surface area contributed by atoms with Gasteiger partial charge in [-0.2, -0.15) is 18.4 Å². The predicted molar refractivity (Wildman–Crippen MR) is 121 cm³/mol. The van der Waals surface area contributed by atoms with Crippen LogP contribution in [-0.4, -0.2) is 31.8 Å². The number of halogens is 6. The van der Waals surface area contributed by atoms with Gasteiger partial charge < -0.3 is 19.4 Å². The van der Waals surface area contributed by atoms with Crippen LogP contribution in [0.15, 0.2) is 53.7 Å². The molecular formula is C22H12Cl2F4N4O4. The number of nitrogens with zero attached hydrogens (tertiary/aromatic N) is 3. The second kappa shape index (κ2) is 10.7. The molecule has 0 fully saturated rings. The van der Waals surface area contributed by atoms with Crippen molar-refractivity contribution in [2.45, 2.75) is 12.7 Å². The van der Waals surface area contributed by atoms with Crippen LogP contribution >= 0.6 is 23.2 Å². The fourth-order valence-electron chi connectivity index (χ4n) is 2.87. The number of carboxylic acid groups (broad SMARTS) is 1. The molecule has 8 nitrogen and oxygen atoms in total. The average molecular weight is 543 g/mol. The van der Waals surface area contributed by atoms with E-state index in [1.165, 1.54) is 41.2 Å². The molecule has 2 aromatic carbocycles. The number of alkyl halides is 3. The summed E-state index contributed by atoms with van der Waals surface area (Å²) in [6.07, 6.45) is -2.11. The Morgan fingerprint density at radius 3 is 2.56 bits per heavy atom. The number of carbonyl (C=O) groups is 1. The number of nitriles is 1. The van der Waals surface area contributed by atoms with Gasteiger partial charge in [0, 0.05) is 16.8 Å². The SMILES string of the molecule is N#Cc1cc(Cl)cc(Oc2c(Cl)ccc(Cn3ccc4[nH]cnc4c3=O)c2F)c1.O=C(O)C(F)(F)F. The molecule has 0 radical (unpaired) electrons. The zero-order valence-electron chi connectivity index (χ0n) is 17.6. The van der Waals surface area contributed by atoms with Crippen LogP contribution in [0, 0.1) is 17.1 Å². The summed E-state index contributed by atoms with van der Waals surface area (Å²) in [5, 5.41) is 16.5. The smallest absolute Gasteiger partial charge is 0.475 e. The minimum Gasteiger partial charge on any atom is -0.475 e. The first-order chi connectivity index (χ1) is 16.9. The van der Waals surface area contributed by atoms with Gasteiger partial charge in [-0.25, -0.2) is 14.2 Å². The summed E-state index contributed by atoms with van der Waals surface area (Å²) in [5.74, 6) is -3.52. The molecule has 0 unspecified atom stereocenters. The van der Waals surface area contributed by atoms with Crippen molar-refractivity contribution in [2.24, 2.45) is 0 Å². The lowest BCUT2D eigenvalue weighted by atomic mass is 10.2. The van der Waals surface area contributed by atoms with Gasteiger partial charge in [0.05, 0.1) is 35.0 Å². The molecule has 2 N–H and O–H groups in total. The number of benzene rings is 2. The molecular weight excluding hydrogens is 531 g/mol. The Morgan fingerprint density at radius 2 is 1.92 bits per heavy atom. The largest absolute Gasteiger partial charge is 0.490 e. The molecule has 0 spiro atoms. The van der Waals surface area contributed by atoms with Gasteiger partial charge in [0.15, 0.2) is 17.1 Å². The van der Waals surface area contributed by atoms with E-state index in [9.17, 15) is 18.0 Å². The van der Waals surface area contributed by atoms with Crippen molar-refractivity contribution in [1.29, 1.82) is 5.26 Å². The van der Waals surface area contributed by atoms with Gasteiger partial charge in [-0.15, -0.1) is 0 Å². The van der Waals surface area contributed by atoms with E-state index < -0.39 is 18.0 Å². The van der Waals surface area contributed by atoms with Crippen molar-refractivity contribution in [2.75, 3.05) is 0 Å². The topological polar surface area (TPSA) is 121 Å². The highest BCUT2D eigenvalue weighted by Crippen LogP contribution is 2.35. The van der Waals surface area contributed by atoms with Crippen LogP contribution in [0.2, 0.25) is 10.0 Å². The number of fused-ring (bicyclic) bond motifs is 1. The summed E-state index contributed by atoms with van der Waals surface area (Å²) in [6.45, 7) is -0.0417. The summed E-state index contributed by atoms with van der Waals surface area (Å²) in [5.41, 5.74) is 0.972. The first kappa shape index (κ1) is 26.5. The molecule has 4 rings (SSSR count). The molecule has 0 amide bonds. The van der Waals surface area contributed by atoms with Crippen LogP contribution in [0.5, 0.6) is 11.5 Å². The van der Waals surface area contributed by atoms with Gasteiger partial charge in [0.2, 0.25) is 0 Å². The molecule has 2 heterocycles. The van der Waals surface area contributed by atoms with Gasteiger partial charge in [-0.05, 0) is 30.3 Å². The second-order valence-electron chi connectivity index (χ2n) is 6.96. The van der Waals surface area contributed by atoms with Gasteiger partial charge in [-0.1, -0.05) is 29.3 Å². The summed E-state index contributed by atoms with van der Waals surface area (Å²) in [7, 11) is 0. The maximum Gasteiger partial charge on any atom is 0.490 e. The van der Waals surface area contributed by atoms with Crippen LogP contribution in [-0.2, 0) is 11.3 Å². The van der Waals surface area contributed by atoms with Crippen LogP contribution in [0.25, 0.3) is 11.0 Å². The lowest BCUT2D eigenvalue weighted by molar-refractivity contribution is -0.192. The second-order valence-corrected chi connectivity index (χ2v) is 7.80. The van der Waals surface area contributed by atoms with Crippen LogP contribution in [0.3, 0.4) is 0 Å². The maximum atomic E-state index is 15.1.